The summed E-state index contributed by atoms with van der Waals surface area (Å²) in [6, 6.07) is 7.97. The maximum Gasteiger partial charge on any atom is 0.0970 e. The minimum atomic E-state index is -0.753. The fourth-order valence-corrected chi connectivity index (χ4v) is 3.10. The number of likely N-dealkylation sites (tertiary alicyclic amines) is 1. The minimum absolute atomic E-state index is 0.0711. The Morgan fingerprint density at radius 3 is 2.64 bits per heavy atom. The van der Waals surface area contributed by atoms with Crippen molar-refractivity contribution in [2.45, 2.75) is 38.1 Å². The molecule has 2 N–H and O–H groups in total. The molecule has 6 nitrogen and oxygen atoms in total. The molecule has 0 radical (unpaired) electrons. The first-order valence-corrected chi connectivity index (χ1v) is 7.64. The fraction of sp³-hybridized carbons (Fsp3) is 0.500. The number of benzene rings is 1. The van der Waals surface area contributed by atoms with Gasteiger partial charge in [-0.25, -0.2) is 4.68 Å². The Labute approximate surface area is 130 Å². The Balaban J connectivity index is 1.62. The molecule has 1 aromatic carbocycles. The van der Waals surface area contributed by atoms with E-state index in [9.17, 15) is 5.11 Å². The highest BCUT2D eigenvalue weighted by molar-refractivity contribution is 5.22. The fourth-order valence-electron chi connectivity index (χ4n) is 3.10. The summed E-state index contributed by atoms with van der Waals surface area (Å²) >= 11 is 0. The summed E-state index contributed by atoms with van der Waals surface area (Å²) in [7, 11) is 0. The monoisotopic (exact) mass is 302 g/mol. The van der Waals surface area contributed by atoms with Crippen LogP contribution in [0.2, 0.25) is 0 Å². The number of nitrogens with zero attached hydrogens (tertiary/aromatic N) is 4. The molecule has 6 heteroatoms. The van der Waals surface area contributed by atoms with Crippen LogP contribution in [0.25, 0.3) is 0 Å². The highest BCUT2D eigenvalue weighted by Crippen LogP contribution is 2.24. The summed E-state index contributed by atoms with van der Waals surface area (Å²) in [6.45, 7) is 2.98. The third-order valence-corrected chi connectivity index (χ3v) is 4.17. The number of hydrogen-bond donors (Lipinski definition) is 2. The molecule has 0 spiro atoms. The maximum atomic E-state index is 10.8. The molecule has 1 atom stereocenters. The molecular formula is C16H22N4O2. The van der Waals surface area contributed by atoms with Gasteiger partial charge in [-0.05, 0) is 30.5 Å². The van der Waals surface area contributed by atoms with Crippen LogP contribution in [0.3, 0.4) is 0 Å². The molecule has 1 aliphatic heterocycles. The molecule has 0 amide bonds. The Morgan fingerprint density at radius 2 is 1.95 bits per heavy atom. The SMILES string of the molecule is OCc1ccc(CN2CCCC(O)(Cn3ccnn3)C2)cc1. The second-order valence-corrected chi connectivity index (χ2v) is 6.11. The molecular weight excluding hydrogens is 280 g/mol. The summed E-state index contributed by atoms with van der Waals surface area (Å²) in [6.07, 6.45) is 5.17. The molecule has 22 heavy (non-hydrogen) atoms. The number of aliphatic hydroxyl groups excluding tert-OH is 1. The standard InChI is InChI=1S/C16H22N4O2/c21-11-15-4-2-14(3-5-15)10-19-8-1-6-16(22,12-19)13-20-9-7-17-18-20/h2-5,7,9,21-22H,1,6,8,10-13H2. The van der Waals surface area contributed by atoms with Gasteiger partial charge in [-0.1, -0.05) is 29.5 Å². The quantitative estimate of drug-likeness (QED) is 0.854. The first-order valence-electron chi connectivity index (χ1n) is 7.64. The van der Waals surface area contributed by atoms with Gasteiger partial charge in [-0.3, -0.25) is 4.90 Å². The smallest absolute Gasteiger partial charge is 0.0970 e. The predicted octanol–water partition coefficient (Wildman–Crippen LogP) is 0.797. The third-order valence-electron chi connectivity index (χ3n) is 4.17. The van der Waals surface area contributed by atoms with Crippen LogP contribution in [0.15, 0.2) is 36.7 Å². The Bertz CT molecular complexity index is 585. The van der Waals surface area contributed by atoms with Crippen molar-refractivity contribution in [3.05, 3.63) is 47.8 Å². The van der Waals surface area contributed by atoms with E-state index in [-0.39, 0.29) is 6.61 Å². The number of β-amino-alcohol motifs (C(OH)–C–C–N with tert-alkyl or cyclic N) is 1. The second-order valence-electron chi connectivity index (χ2n) is 6.11. The molecule has 0 bridgehead atoms. The summed E-state index contributed by atoms with van der Waals surface area (Å²) in [4.78, 5) is 2.27. The van der Waals surface area contributed by atoms with Gasteiger partial charge in [0.25, 0.3) is 0 Å². The van der Waals surface area contributed by atoms with E-state index >= 15 is 0 Å². The van der Waals surface area contributed by atoms with Crippen molar-refractivity contribution < 1.29 is 10.2 Å². The Kier molecular flexibility index (Phi) is 4.52. The lowest BCUT2D eigenvalue weighted by molar-refractivity contribution is -0.0478. The lowest BCUT2D eigenvalue weighted by atomic mass is 9.92. The second kappa shape index (κ2) is 6.56. The highest BCUT2D eigenvalue weighted by Gasteiger charge is 2.33. The molecule has 1 aromatic heterocycles. The van der Waals surface area contributed by atoms with E-state index in [0.717, 1.165) is 31.5 Å². The van der Waals surface area contributed by atoms with Gasteiger partial charge in [-0.15, -0.1) is 5.10 Å². The first kappa shape index (κ1) is 15.1. The van der Waals surface area contributed by atoms with E-state index in [4.69, 9.17) is 5.11 Å². The van der Waals surface area contributed by atoms with Gasteiger partial charge in [-0.2, -0.15) is 0 Å². The van der Waals surface area contributed by atoms with Gasteiger partial charge in [0.05, 0.1) is 24.9 Å². The number of aromatic nitrogens is 3. The summed E-state index contributed by atoms with van der Waals surface area (Å²) in [5, 5.41) is 27.6. The van der Waals surface area contributed by atoms with E-state index in [1.807, 2.05) is 24.3 Å². The lowest BCUT2D eigenvalue weighted by Crippen LogP contribution is -2.50. The lowest BCUT2D eigenvalue weighted by Gasteiger charge is -2.39. The zero-order chi connectivity index (χ0) is 15.4. The normalized spacial score (nSPS) is 22.8. The number of piperidine rings is 1. The molecule has 118 valence electrons. The van der Waals surface area contributed by atoms with E-state index in [2.05, 4.69) is 15.2 Å². The van der Waals surface area contributed by atoms with E-state index in [0.29, 0.717) is 13.1 Å². The van der Waals surface area contributed by atoms with Crippen LogP contribution in [0.5, 0.6) is 0 Å². The van der Waals surface area contributed by atoms with Crippen molar-refractivity contribution in [3.63, 3.8) is 0 Å². The summed E-state index contributed by atoms with van der Waals surface area (Å²) < 4.78 is 1.69. The van der Waals surface area contributed by atoms with Crippen LogP contribution in [0.1, 0.15) is 24.0 Å². The maximum absolute atomic E-state index is 10.8. The van der Waals surface area contributed by atoms with Gasteiger partial charge in [0.15, 0.2) is 0 Å². The highest BCUT2D eigenvalue weighted by atomic mass is 16.3. The van der Waals surface area contributed by atoms with E-state index in [1.54, 1.807) is 17.1 Å². The first-order chi connectivity index (χ1) is 10.7. The van der Waals surface area contributed by atoms with Crippen LogP contribution in [0.4, 0.5) is 0 Å². The number of rotatable bonds is 5. The van der Waals surface area contributed by atoms with Crippen LogP contribution in [-0.4, -0.2) is 48.8 Å². The van der Waals surface area contributed by atoms with Gasteiger partial charge >= 0.3 is 0 Å². The van der Waals surface area contributed by atoms with Crippen molar-refractivity contribution in [2.24, 2.45) is 0 Å². The average molecular weight is 302 g/mol. The minimum Gasteiger partial charge on any atom is -0.392 e. The molecule has 3 rings (SSSR count). The zero-order valence-corrected chi connectivity index (χ0v) is 12.6. The average Bonchev–Trinajstić information content (AvgIpc) is 3.00. The van der Waals surface area contributed by atoms with Crippen LogP contribution >= 0.6 is 0 Å². The van der Waals surface area contributed by atoms with E-state index < -0.39 is 5.60 Å². The van der Waals surface area contributed by atoms with Gasteiger partial charge in [0, 0.05) is 19.3 Å². The molecule has 2 aromatic rings. The van der Waals surface area contributed by atoms with Gasteiger partial charge < -0.3 is 10.2 Å². The summed E-state index contributed by atoms with van der Waals surface area (Å²) in [5.41, 5.74) is 1.36. The molecule has 1 fully saturated rings. The third kappa shape index (κ3) is 3.71. The molecule has 1 saturated heterocycles. The van der Waals surface area contributed by atoms with Crippen LogP contribution < -0.4 is 0 Å². The van der Waals surface area contributed by atoms with Crippen LogP contribution in [-0.2, 0) is 19.7 Å². The van der Waals surface area contributed by atoms with Crippen molar-refractivity contribution >= 4 is 0 Å². The molecule has 0 aliphatic carbocycles. The molecule has 1 aliphatic rings. The largest absolute Gasteiger partial charge is 0.392 e. The van der Waals surface area contributed by atoms with Gasteiger partial charge in [0.2, 0.25) is 0 Å². The Hall–Kier alpha value is -1.76. The van der Waals surface area contributed by atoms with Crippen molar-refractivity contribution in [1.82, 2.24) is 19.9 Å². The predicted molar refractivity (Wildman–Crippen MR) is 81.8 cm³/mol. The Morgan fingerprint density at radius 1 is 1.18 bits per heavy atom. The zero-order valence-electron chi connectivity index (χ0n) is 12.6. The molecule has 2 heterocycles. The van der Waals surface area contributed by atoms with Crippen LogP contribution in [0, 0.1) is 0 Å². The molecule has 1 unspecified atom stereocenters. The van der Waals surface area contributed by atoms with Gasteiger partial charge in [0.1, 0.15) is 0 Å². The topological polar surface area (TPSA) is 74.4 Å². The summed E-state index contributed by atoms with van der Waals surface area (Å²) in [5.74, 6) is 0. The number of hydrogen-bond acceptors (Lipinski definition) is 5. The van der Waals surface area contributed by atoms with Crippen molar-refractivity contribution in [2.75, 3.05) is 13.1 Å². The van der Waals surface area contributed by atoms with Crippen molar-refractivity contribution in [3.8, 4) is 0 Å². The number of aliphatic hydroxyl groups is 2. The molecule has 0 saturated carbocycles. The van der Waals surface area contributed by atoms with E-state index in [1.165, 1.54) is 5.56 Å². The van der Waals surface area contributed by atoms with Crippen molar-refractivity contribution in [1.29, 1.82) is 0 Å².